The molecular weight excluding hydrogens is 234 g/mol. The molecule has 1 N–H and O–H groups in total. The summed E-state index contributed by atoms with van der Waals surface area (Å²) in [6.07, 6.45) is 2.35. The van der Waals surface area contributed by atoms with E-state index in [1.54, 1.807) is 7.11 Å². The van der Waals surface area contributed by atoms with E-state index < -0.39 is 0 Å². The van der Waals surface area contributed by atoms with Gasteiger partial charge in [0.05, 0.1) is 7.11 Å². The molecule has 0 aromatic heterocycles. The molecule has 0 aliphatic rings. The Kier molecular flexibility index (Phi) is 5.86. The Hall–Kier alpha value is -1.02. The molecule has 2 nitrogen and oxygen atoms in total. The largest absolute Gasteiger partial charge is 0.496 e. The van der Waals surface area contributed by atoms with Crippen LogP contribution in [0.25, 0.3) is 0 Å². The summed E-state index contributed by atoms with van der Waals surface area (Å²) in [6, 6.07) is 4.44. The van der Waals surface area contributed by atoms with Gasteiger partial charge in [-0.3, -0.25) is 0 Å². The number of benzene rings is 1. The molecule has 0 aliphatic heterocycles. The van der Waals surface area contributed by atoms with Gasteiger partial charge < -0.3 is 10.1 Å². The van der Waals surface area contributed by atoms with Gasteiger partial charge in [0.1, 0.15) is 5.75 Å². The number of rotatable bonds is 7. The molecule has 108 valence electrons. The van der Waals surface area contributed by atoms with Gasteiger partial charge in [0.15, 0.2) is 0 Å². The number of ether oxygens (including phenoxy) is 1. The molecule has 0 unspecified atom stereocenters. The average molecular weight is 263 g/mol. The molecule has 1 aromatic carbocycles. The first kappa shape index (κ1) is 16.0. The molecule has 0 radical (unpaired) electrons. The van der Waals surface area contributed by atoms with E-state index in [0.717, 1.165) is 25.3 Å². The third kappa shape index (κ3) is 4.24. The fourth-order valence-corrected chi connectivity index (χ4v) is 2.58. The summed E-state index contributed by atoms with van der Waals surface area (Å²) in [4.78, 5) is 0. The van der Waals surface area contributed by atoms with Crippen molar-refractivity contribution in [2.24, 2.45) is 0 Å². The maximum absolute atomic E-state index is 5.39. The zero-order valence-corrected chi connectivity index (χ0v) is 13.4. The maximum Gasteiger partial charge on any atom is 0.122 e. The molecule has 0 amide bonds. The molecule has 1 aromatic rings. The van der Waals surface area contributed by atoms with Gasteiger partial charge in [-0.05, 0) is 68.0 Å². The lowest BCUT2D eigenvalue weighted by molar-refractivity contribution is 0.409. The van der Waals surface area contributed by atoms with Crippen molar-refractivity contribution in [2.45, 2.75) is 52.9 Å². The standard InChI is InChI=1S/C17H29NO/c1-7-9-18-10-8-17(4,5)15-11-14(3)16(19-6)12-13(15)2/h11-12,18H,7-10H2,1-6H3. The summed E-state index contributed by atoms with van der Waals surface area (Å²) in [5.41, 5.74) is 4.17. The third-order valence-corrected chi connectivity index (χ3v) is 3.82. The molecule has 0 aliphatic carbocycles. The Morgan fingerprint density at radius 1 is 1.11 bits per heavy atom. The highest BCUT2D eigenvalue weighted by atomic mass is 16.5. The monoisotopic (exact) mass is 263 g/mol. The summed E-state index contributed by atoms with van der Waals surface area (Å²) >= 11 is 0. The van der Waals surface area contributed by atoms with Crippen LogP contribution >= 0.6 is 0 Å². The smallest absolute Gasteiger partial charge is 0.122 e. The van der Waals surface area contributed by atoms with E-state index in [9.17, 15) is 0 Å². The van der Waals surface area contributed by atoms with E-state index in [1.165, 1.54) is 23.1 Å². The fraction of sp³-hybridized carbons (Fsp3) is 0.647. The second-order valence-electron chi connectivity index (χ2n) is 6.02. The minimum absolute atomic E-state index is 0.196. The predicted octanol–water partition coefficient (Wildman–Crippen LogP) is 3.98. The van der Waals surface area contributed by atoms with E-state index in [2.05, 4.69) is 52.1 Å². The molecule has 0 fully saturated rings. The highest BCUT2D eigenvalue weighted by Gasteiger charge is 2.23. The van der Waals surface area contributed by atoms with Gasteiger partial charge in [0.25, 0.3) is 0 Å². The average Bonchev–Trinajstić information content (AvgIpc) is 2.36. The van der Waals surface area contributed by atoms with E-state index in [0.29, 0.717) is 0 Å². The maximum atomic E-state index is 5.39. The first-order valence-corrected chi connectivity index (χ1v) is 7.28. The van der Waals surface area contributed by atoms with Crippen molar-refractivity contribution < 1.29 is 4.74 Å². The van der Waals surface area contributed by atoms with Crippen molar-refractivity contribution >= 4 is 0 Å². The lowest BCUT2D eigenvalue weighted by Crippen LogP contribution is -2.26. The number of hydrogen-bond acceptors (Lipinski definition) is 2. The summed E-state index contributed by atoms with van der Waals surface area (Å²) in [5.74, 6) is 0.987. The van der Waals surface area contributed by atoms with Crippen molar-refractivity contribution in [1.29, 1.82) is 0 Å². The quantitative estimate of drug-likeness (QED) is 0.751. The van der Waals surface area contributed by atoms with Crippen LogP contribution in [0.5, 0.6) is 5.75 Å². The van der Waals surface area contributed by atoms with E-state index in [-0.39, 0.29) is 5.41 Å². The van der Waals surface area contributed by atoms with Crippen LogP contribution < -0.4 is 10.1 Å². The number of aryl methyl sites for hydroxylation is 2. The lowest BCUT2D eigenvalue weighted by Gasteiger charge is -2.28. The van der Waals surface area contributed by atoms with Crippen LogP contribution in [0.15, 0.2) is 12.1 Å². The van der Waals surface area contributed by atoms with Crippen LogP contribution in [0.4, 0.5) is 0 Å². The van der Waals surface area contributed by atoms with Crippen LogP contribution in [0.2, 0.25) is 0 Å². The second-order valence-corrected chi connectivity index (χ2v) is 6.02. The van der Waals surface area contributed by atoms with Crippen molar-refractivity contribution in [3.63, 3.8) is 0 Å². The van der Waals surface area contributed by atoms with Gasteiger partial charge in [-0.1, -0.05) is 26.8 Å². The zero-order valence-electron chi connectivity index (χ0n) is 13.4. The summed E-state index contributed by atoms with van der Waals surface area (Å²) in [7, 11) is 1.74. The van der Waals surface area contributed by atoms with Crippen LogP contribution in [-0.4, -0.2) is 20.2 Å². The highest BCUT2D eigenvalue weighted by Crippen LogP contribution is 2.33. The lowest BCUT2D eigenvalue weighted by atomic mass is 9.78. The fourth-order valence-electron chi connectivity index (χ4n) is 2.58. The van der Waals surface area contributed by atoms with Crippen molar-refractivity contribution in [3.8, 4) is 5.75 Å². The molecule has 0 spiro atoms. The topological polar surface area (TPSA) is 21.3 Å². The molecule has 0 atom stereocenters. The highest BCUT2D eigenvalue weighted by molar-refractivity contribution is 5.44. The first-order valence-electron chi connectivity index (χ1n) is 7.28. The van der Waals surface area contributed by atoms with Gasteiger partial charge in [-0.15, -0.1) is 0 Å². The Morgan fingerprint density at radius 2 is 1.79 bits per heavy atom. The Morgan fingerprint density at radius 3 is 2.37 bits per heavy atom. The molecule has 0 bridgehead atoms. The van der Waals surface area contributed by atoms with E-state index in [4.69, 9.17) is 4.74 Å². The number of methoxy groups -OCH3 is 1. The molecule has 0 heterocycles. The van der Waals surface area contributed by atoms with Crippen LogP contribution in [0.3, 0.4) is 0 Å². The molecule has 1 rings (SSSR count). The van der Waals surface area contributed by atoms with Gasteiger partial charge in [-0.2, -0.15) is 0 Å². The predicted molar refractivity (Wildman–Crippen MR) is 83.3 cm³/mol. The molecule has 0 saturated heterocycles. The van der Waals surface area contributed by atoms with E-state index in [1.807, 2.05) is 0 Å². The minimum Gasteiger partial charge on any atom is -0.496 e. The first-order chi connectivity index (χ1) is 8.92. The zero-order chi connectivity index (χ0) is 14.5. The van der Waals surface area contributed by atoms with Crippen molar-refractivity contribution in [1.82, 2.24) is 5.32 Å². The van der Waals surface area contributed by atoms with Crippen LogP contribution in [0.1, 0.15) is 50.3 Å². The van der Waals surface area contributed by atoms with Gasteiger partial charge in [-0.25, -0.2) is 0 Å². The third-order valence-electron chi connectivity index (χ3n) is 3.82. The molecule has 2 heteroatoms. The van der Waals surface area contributed by atoms with Gasteiger partial charge in [0, 0.05) is 0 Å². The number of hydrogen-bond donors (Lipinski definition) is 1. The van der Waals surface area contributed by atoms with Gasteiger partial charge >= 0.3 is 0 Å². The van der Waals surface area contributed by atoms with Gasteiger partial charge in [0.2, 0.25) is 0 Å². The van der Waals surface area contributed by atoms with Crippen molar-refractivity contribution in [3.05, 3.63) is 28.8 Å². The van der Waals surface area contributed by atoms with Crippen LogP contribution in [-0.2, 0) is 5.41 Å². The van der Waals surface area contributed by atoms with Crippen LogP contribution in [0, 0.1) is 13.8 Å². The summed E-state index contributed by atoms with van der Waals surface area (Å²) in [5, 5.41) is 3.49. The van der Waals surface area contributed by atoms with E-state index >= 15 is 0 Å². The Balaban J connectivity index is 2.85. The summed E-state index contributed by atoms with van der Waals surface area (Å²) in [6.45, 7) is 13.3. The molecule has 19 heavy (non-hydrogen) atoms. The number of nitrogens with one attached hydrogen (secondary N) is 1. The Bertz CT molecular complexity index is 410. The normalized spacial score (nSPS) is 11.7. The molecule has 0 saturated carbocycles. The second kappa shape index (κ2) is 6.95. The minimum atomic E-state index is 0.196. The SMILES string of the molecule is CCCNCCC(C)(C)c1cc(C)c(OC)cc1C. The Labute approximate surface area is 118 Å². The molecular formula is C17H29NO. The van der Waals surface area contributed by atoms with Crippen molar-refractivity contribution in [2.75, 3.05) is 20.2 Å². The summed E-state index contributed by atoms with van der Waals surface area (Å²) < 4.78 is 5.39.